The van der Waals surface area contributed by atoms with Gasteiger partial charge in [-0.2, -0.15) is 0 Å². The lowest BCUT2D eigenvalue weighted by atomic mass is 10.1. The summed E-state index contributed by atoms with van der Waals surface area (Å²) < 4.78 is 13.3. The monoisotopic (exact) mass is 176 g/mol. The number of fused-ring (bicyclic) bond motifs is 1. The maximum Gasteiger partial charge on any atom is 0.133 e. The summed E-state index contributed by atoms with van der Waals surface area (Å²) >= 11 is 0. The Morgan fingerprint density at radius 3 is 2.38 bits per heavy atom. The molecule has 4 N–H and O–H groups in total. The molecule has 2 aromatic carbocycles. The van der Waals surface area contributed by atoms with Crippen molar-refractivity contribution in [1.82, 2.24) is 0 Å². The molecular formula is C10H9FN2. The van der Waals surface area contributed by atoms with Crippen LogP contribution in [0.2, 0.25) is 0 Å². The third-order valence-electron chi connectivity index (χ3n) is 2.06. The van der Waals surface area contributed by atoms with Crippen molar-refractivity contribution in [3.8, 4) is 0 Å². The normalized spacial score (nSPS) is 10.5. The van der Waals surface area contributed by atoms with Gasteiger partial charge >= 0.3 is 0 Å². The van der Waals surface area contributed by atoms with Crippen LogP contribution in [-0.2, 0) is 0 Å². The number of anilines is 2. The molecule has 0 unspecified atom stereocenters. The molecule has 0 radical (unpaired) electrons. The molecule has 3 heteroatoms. The van der Waals surface area contributed by atoms with Crippen LogP contribution in [-0.4, -0.2) is 0 Å². The molecule has 0 saturated carbocycles. The van der Waals surface area contributed by atoms with Gasteiger partial charge in [0.05, 0.1) is 0 Å². The van der Waals surface area contributed by atoms with E-state index < -0.39 is 0 Å². The number of nitrogens with two attached hydrogens (primary N) is 2. The van der Waals surface area contributed by atoms with E-state index in [9.17, 15) is 4.39 Å². The number of hydrogen-bond acceptors (Lipinski definition) is 2. The lowest BCUT2D eigenvalue weighted by Gasteiger charge is -2.05. The van der Waals surface area contributed by atoms with E-state index >= 15 is 0 Å². The van der Waals surface area contributed by atoms with Crippen molar-refractivity contribution in [2.45, 2.75) is 0 Å². The van der Waals surface area contributed by atoms with E-state index in [1.54, 1.807) is 18.2 Å². The molecule has 0 aliphatic carbocycles. The van der Waals surface area contributed by atoms with Crippen LogP contribution in [0.15, 0.2) is 30.3 Å². The number of rotatable bonds is 0. The Balaban J connectivity index is 3.00. The summed E-state index contributed by atoms with van der Waals surface area (Å²) in [6.45, 7) is 0. The lowest BCUT2D eigenvalue weighted by Crippen LogP contribution is -1.93. The van der Waals surface area contributed by atoms with Crippen molar-refractivity contribution in [2.75, 3.05) is 11.5 Å². The molecule has 0 amide bonds. The zero-order valence-electron chi connectivity index (χ0n) is 6.92. The fourth-order valence-electron chi connectivity index (χ4n) is 1.41. The van der Waals surface area contributed by atoms with Crippen molar-refractivity contribution in [3.05, 3.63) is 36.1 Å². The molecule has 0 bridgehead atoms. The van der Waals surface area contributed by atoms with Gasteiger partial charge in [-0.25, -0.2) is 4.39 Å². The minimum atomic E-state index is -0.331. The van der Waals surface area contributed by atoms with Gasteiger partial charge in [0.1, 0.15) is 5.82 Å². The lowest BCUT2D eigenvalue weighted by molar-refractivity contribution is 0.640. The summed E-state index contributed by atoms with van der Waals surface area (Å²) in [5.41, 5.74) is 12.3. The van der Waals surface area contributed by atoms with Gasteiger partial charge in [-0.05, 0) is 18.2 Å². The van der Waals surface area contributed by atoms with Crippen molar-refractivity contribution < 1.29 is 4.39 Å². The molecule has 0 atom stereocenters. The van der Waals surface area contributed by atoms with Gasteiger partial charge in [-0.1, -0.05) is 12.1 Å². The molecule has 13 heavy (non-hydrogen) atoms. The van der Waals surface area contributed by atoms with Crippen LogP contribution in [0.3, 0.4) is 0 Å². The van der Waals surface area contributed by atoms with Crippen LogP contribution < -0.4 is 11.5 Å². The standard InChI is InChI=1S/C10H9FN2/c11-7-4-5-8(12)6-2-1-3-9(13)10(6)7/h1-5H,12-13H2. The second-order valence-corrected chi connectivity index (χ2v) is 2.91. The first kappa shape index (κ1) is 7.86. The van der Waals surface area contributed by atoms with Gasteiger partial charge in [-0.15, -0.1) is 0 Å². The maximum absolute atomic E-state index is 13.3. The minimum absolute atomic E-state index is 0.331. The van der Waals surface area contributed by atoms with E-state index in [0.29, 0.717) is 22.1 Å². The van der Waals surface area contributed by atoms with E-state index in [1.807, 2.05) is 0 Å². The molecule has 0 aliphatic heterocycles. The fraction of sp³-hybridized carbons (Fsp3) is 0. The molecule has 66 valence electrons. The predicted molar refractivity (Wildman–Crippen MR) is 52.7 cm³/mol. The highest BCUT2D eigenvalue weighted by Crippen LogP contribution is 2.27. The Bertz CT molecular complexity index is 457. The average Bonchev–Trinajstić information content (AvgIpc) is 2.12. The molecule has 0 aliphatic rings. The summed E-state index contributed by atoms with van der Waals surface area (Å²) in [5.74, 6) is -0.331. The van der Waals surface area contributed by atoms with Crippen molar-refractivity contribution >= 4 is 22.1 Å². The smallest absolute Gasteiger partial charge is 0.133 e. The SMILES string of the molecule is Nc1ccc(F)c2c(N)cccc12. The molecule has 0 fully saturated rings. The molecule has 0 aromatic heterocycles. The van der Waals surface area contributed by atoms with Crippen LogP contribution in [0.25, 0.3) is 10.8 Å². The van der Waals surface area contributed by atoms with Gasteiger partial charge in [0, 0.05) is 22.1 Å². The summed E-state index contributed by atoms with van der Waals surface area (Å²) in [4.78, 5) is 0. The van der Waals surface area contributed by atoms with Gasteiger partial charge in [0.2, 0.25) is 0 Å². The summed E-state index contributed by atoms with van der Waals surface area (Å²) in [5, 5.41) is 1.07. The van der Waals surface area contributed by atoms with E-state index in [4.69, 9.17) is 11.5 Å². The molecular weight excluding hydrogens is 167 g/mol. The summed E-state index contributed by atoms with van der Waals surface area (Å²) in [7, 11) is 0. The van der Waals surface area contributed by atoms with E-state index in [0.717, 1.165) is 0 Å². The highest BCUT2D eigenvalue weighted by molar-refractivity contribution is 6.00. The quantitative estimate of drug-likeness (QED) is 0.604. The van der Waals surface area contributed by atoms with Gasteiger partial charge in [-0.3, -0.25) is 0 Å². The van der Waals surface area contributed by atoms with Crippen LogP contribution in [0.1, 0.15) is 0 Å². The average molecular weight is 176 g/mol. The first-order chi connectivity index (χ1) is 6.20. The van der Waals surface area contributed by atoms with Gasteiger partial charge in [0.25, 0.3) is 0 Å². The number of benzene rings is 2. The van der Waals surface area contributed by atoms with Crippen LogP contribution in [0, 0.1) is 5.82 Å². The predicted octanol–water partition coefficient (Wildman–Crippen LogP) is 2.14. The van der Waals surface area contributed by atoms with Crippen LogP contribution >= 0.6 is 0 Å². The first-order valence-corrected chi connectivity index (χ1v) is 3.92. The molecule has 0 saturated heterocycles. The fourth-order valence-corrected chi connectivity index (χ4v) is 1.41. The number of halogens is 1. The highest BCUT2D eigenvalue weighted by Gasteiger charge is 2.05. The van der Waals surface area contributed by atoms with Gasteiger partial charge < -0.3 is 11.5 Å². The summed E-state index contributed by atoms with van der Waals surface area (Å²) in [6, 6.07) is 8.04. The minimum Gasteiger partial charge on any atom is -0.398 e. The highest BCUT2D eigenvalue weighted by atomic mass is 19.1. The Kier molecular flexibility index (Phi) is 1.59. The molecule has 0 spiro atoms. The van der Waals surface area contributed by atoms with Crippen LogP contribution in [0.4, 0.5) is 15.8 Å². The summed E-state index contributed by atoms with van der Waals surface area (Å²) in [6.07, 6.45) is 0. The first-order valence-electron chi connectivity index (χ1n) is 3.92. The van der Waals surface area contributed by atoms with E-state index in [1.165, 1.54) is 12.1 Å². The third kappa shape index (κ3) is 1.09. The molecule has 2 rings (SSSR count). The van der Waals surface area contributed by atoms with E-state index in [-0.39, 0.29) is 5.82 Å². The third-order valence-corrected chi connectivity index (χ3v) is 2.06. The van der Waals surface area contributed by atoms with E-state index in [2.05, 4.69) is 0 Å². The second-order valence-electron chi connectivity index (χ2n) is 2.91. The van der Waals surface area contributed by atoms with Crippen molar-refractivity contribution in [2.24, 2.45) is 0 Å². The number of hydrogen-bond donors (Lipinski definition) is 2. The topological polar surface area (TPSA) is 52.0 Å². The van der Waals surface area contributed by atoms with Crippen LogP contribution in [0.5, 0.6) is 0 Å². The number of nitrogen functional groups attached to an aromatic ring is 2. The Labute approximate surface area is 75.0 Å². The molecule has 2 nitrogen and oxygen atoms in total. The van der Waals surface area contributed by atoms with Crippen molar-refractivity contribution in [1.29, 1.82) is 0 Å². The maximum atomic E-state index is 13.3. The molecule has 2 aromatic rings. The largest absolute Gasteiger partial charge is 0.398 e. The van der Waals surface area contributed by atoms with Gasteiger partial charge in [0.15, 0.2) is 0 Å². The zero-order valence-corrected chi connectivity index (χ0v) is 6.92. The van der Waals surface area contributed by atoms with Crippen molar-refractivity contribution in [3.63, 3.8) is 0 Å². The molecule has 0 heterocycles. The second kappa shape index (κ2) is 2.62. The Morgan fingerprint density at radius 2 is 1.69 bits per heavy atom. The Hall–Kier alpha value is -1.77. The zero-order chi connectivity index (χ0) is 9.42. The Morgan fingerprint density at radius 1 is 0.923 bits per heavy atom.